The lowest BCUT2D eigenvalue weighted by atomic mass is 10.3. The zero-order valence-electron chi connectivity index (χ0n) is 14.4. The molecule has 0 saturated carbocycles. The minimum atomic E-state index is -0.323. The Morgan fingerprint density at radius 1 is 1.16 bits per heavy atom. The van der Waals surface area contributed by atoms with Crippen molar-refractivity contribution in [3.8, 4) is 0 Å². The van der Waals surface area contributed by atoms with Gasteiger partial charge in [0, 0.05) is 45.3 Å². The lowest BCUT2D eigenvalue weighted by Gasteiger charge is -2.10. The van der Waals surface area contributed by atoms with Gasteiger partial charge >= 0.3 is 5.69 Å². The number of aromatic nitrogens is 4. The number of ether oxygens (including phenoxy) is 1. The molecule has 132 valence electrons. The molecule has 0 saturated heterocycles. The van der Waals surface area contributed by atoms with E-state index in [0.717, 1.165) is 20.8 Å². The summed E-state index contributed by atoms with van der Waals surface area (Å²) in [5.74, 6) is 0.484. The normalized spacial score (nSPS) is 11.3. The van der Waals surface area contributed by atoms with Crippen molar-refractivity contribution in [2.24, 2.45) is 14.1 Å². The van der Waals surface area contributed by atoms with Crippen LogP contribution in [0.15, 0.2) is 45.1 Å². The summed E-state index contributed by atoms with van der Waals surface area (Å²) in [6, 6.07) is 9.42. The quantitative estimate of drug-likeness (QED) is 0.621. The predicted octanol–water partition coefficient (Wildman–Crippen LogP) is 1.37. The average Bonchev–Trinajstić information content (AvgIpc) is 2.97. The van der Waals surface area contributed by atoms with Gasteiger partial charge in [-0.1, -0.05) is 23.9 Å². The van der Waals surface area contributed by atoms with Gasteiger partial charge in [0.15, 0.2) is 5.16 Å². The van der Waals surface area contributed by atoms with Crippen LogP contribution in [-0.2, 0) is 31.1 Å². The Morgan fingerprint density at radius 2 is 1.92 bits per heavy atom. The van der Waals surface area contributed by atoms with Crippen molar-refractivity contribution in [3.05, 3.63) is 56.9 Å². The molecule has 0 N–H and O–H groups in total. The highest BCUT2D eigenvalue weighted by Gasteiger charge is 2.13. The maximum atomic E-state index is 12.0. The molecule has 7 nitrogen and oxygen atoms in total. The molecule has 8 heteroatoms. The highest BCUT2D eigenvalue weighted by Crippen LogP contribution is 2.26. The third-order valence-corrected chi connectivity index (χ3v) is 5.12. The number of hydrogen-bond acceptors (Lipinski definition) is 5. The van der Waals surface area contributed by atoms with Crippen molar-refractivity contribution < 1.29 is 4.74 Å². The minimum absolute atomic E-state index is 0.299. The second-order valence-corrected chi connectivity index (χ2v) is 6.63. The first-order valence-electron chi connectivity index (χ1n) is 7.86. The van der Waals surface area contributed by atoms with E-state index >= 15 is 0 Å². The Labute approximate surface area is 148 Å². The van der Waals surface area contributed by atoms with Gasteiger partial charge in [0.1, 0.15) is 0 Å². The van der Waals surface area contributed by atoms with Crippen LogP contribution in [0.25, 0.3) is 11.0 Å². The zero-order chi connectivity index (χ0) is 18.0. The van der Waals surface area contributed by atoms with Crippen LogP contribution in [0.4, 0.5) is 0 Å². The first kappa shape index (κ1) is 17.5. The first-order chi connectivity index (χ1) is 12.0. The molecule has 0 fully saturated rings. The van der Waals surface area contributed by atoms with Crippen molar-refractivity contribution in [3.63, 3.8) is 0 Å². The van der Waals surface area contributed by atoms with Crippen LogP contribution in [0.5, 0.6) is 0 Å². The van der Waals surface area contributed by atoms with Crippen LogP contribution in [-0.4, -0.2) is 32.4 Å². The molecule has 0 aliphatic heterocycles. The zero-order valence-corrected chi connectivity index (χ0v) is 15.2. The van der Waals surface area contributed by atoms with E-state index < -0.39 is 0 Å². The molecule has 3 aromatic rings. The summed E-state index contributed by atoms with van der Waals surface area (Å²) >= 11 is 1.50. The monoisotopic (exact) mass is 360 g/mol. The highest BCUT2D eigenvalue weighted by molar-refractivity contribution is 7.98. The van der Waals surface area contributed by atoms with E-state index in [1.165, 1.54) is 29.4 Å². The highest BCUT2D eigenvalue weighted by atomic mass is 32.2. The van der Waals surface area contributed by atoms with Crippen LogP contribution in [0.2, 0.25) is 0 Å². The molecule has 0 aliphatic carbocycles. The summed E-state index contributed by atoms with van der Waals surface area (Å²) in [7, 11) is 4.82. The Hall–Kier alpha value is -2.32. The second-order valence-electron chi connectivity index (χ2n) is 5.69. The molecule has 0 spiro atoms. The van der Waals surface area contributed by atoms with Crippen LogP contribution in [0.1, 0.15) is 5.69 Å². The third kappa shape index (κ3) is 3.40. The van der Waals surface area contributed by atoms with E-state index in [1.54, 1.807) is 14.2 Å². The maximum Gasteiger partial charge on any atom is 0.330 e. The number of rotatable bonds is 6. The molecule has 2 heterocycles. The Bertz CT molecular complexity index is 1020. The number of nitrogens with zero attached hydrogens (tertiary/aromatic N) is 4. The number of imidazole rings is 1. The summed E-state index contributed by atoms with van der Waals surface area (Å²) in [5, 5.41) is 0.839. The Morgan fingerprint density at radius 3 is 2.68 bits per heavy atom. The first-order valence-corrected chi connectivity index (χ1v) is 8.84. The molecule has 2 aromatic heterocycles. The lowest BCUT2D eigenvalue weighted by molar-refractivity contribution is 0.186. The molecular formula is C17H20N4O3S. The van der Waals surface area contributed by atoms with Crippen LogP contribution in [0.3, 0.4) is 0 Å². The largest absolute Gasteiger partial charge is 0.383 e. The van der Waals surface area contributed by atoms with Crippen molar-refractivity contribution in [1.29, 1.82) is 0 Å². The van der Waals surface area contributed by atoms with Gasteiger partial charge in [0.25, 0.3) is 5.56 Å². The summed E-state index contributed by atoms with van der Waals surface area (Å²) in [5.41, 5.74) is 2.00. The number of para-hydroxylation sites is 2. The molecule has 1 aromatic carbocycles. The van der Waals surface area contributed by atoms with Gasteiger partial charge in [0.2, 0.25) is 0 Å². The number of thioether (sulfide) groups is 1. The van der Waals surface area contributed by atoms with Crippen LogP contribution < -0.4 is 11.2 Å². The van der Waals surface area contributed by atoms with E-state index in [0.29, 0.717) is 24.6 Å². The van der Waals surface area contributed by atoms with E-state index in [4.69, 9.17) is 4.74 Å². The predicted molar refractivity (Wildman–Crippen MR) is 98.1 cm³/mol. The molecule has 0 atom stereocenters. The fourth-order valence-electron chi connectivity index (χ4n) is 2.62. The van der Waals surface area contributed by atoms with Gasteiger partial charge in [-0.15, -0.1) is 0 Å². The standard InChI is InChI=1S/C17H20N4O3S/c1-19-12(10-15(22)20(2)17(19)23)11-25-16-18-13-6-4-5-7-14(13)21(16)8-9-24-3/h4-7,10H,8-9,11H2,1-3H3. The van der Waals surface area contributed by atoms with E-state index in [-0.39, 0.29) is 11.2 Å². The molecule has 0 aliphatic rings. The number of benzene rings is 1. The molecule has 0 radical (unpaired) electrons. The van der Waals surface area contributed by atoms with Crippen LogP contribution in [0, 0.1) is 0 Å². The fraction of sp³-hybridized carbons (Fsp3) is 0.353. The van der Waals surface area contributed by atoms with E-state index in [1.807, 2.05) is 24.3 Å². The Kier molecular flexibility index (Phi) is 5.10. The van der Waals surface area contributed by atoms with E-state index in [9.17, 15) is 9.59 Å². The van der Waals surface area contributed by atoms with Gasteiger partial charge in [-0.05, 0) is 12.1 Å². The Balaban J connectivity index is 1.94. The molecule has 3 rings (SSSR count). The summed E-state index contributed by atoms with van der Waals surface area (Å²) < 4.78 is 9.89. The maximum absolute atomic E-state index is 12.0. The van der Waals surface area contributed by atoms with Crippen LogP contribution >= 0.6 is 11.8 Å². The number of methoxy groups -OCH3 is 1. The lowest BCUT2D eigenvalue weighted by Crippen LogP contribution is -2.37. The summed E-state index contributed by atoms with van der Waals surface area (Å²) in [6.45, 7) is 1.27. The number of fused-ring (bicyclic) bond motifs is 1. The molecule has 25 heavy (non-hydrogen) atoms. The molecule has 0 amide bonds. The molecule has 0 bridgehead atoms. The van der Waals surface area contributed by atoms with Gasteiger partial charge in [0.05, 0.1) is 17.6 Å². The topological polar surface area (TPSA) is 71.0 Å². The fourth-order valence-corrected chi connectivity index (χ4v) is 3.68. The second kappa shape index (κ2) is 7.28. The third-order valence-electron chi connectivity index (χ3n) is 4.11. The van der Waals surface area contributed by atoms with Crippen molar-refractivity contribution in [2.45, 2.75) is 17.5 Å². The smallest absolute Gasteiger partial charge is 0.330 e. The number of hydrogen-bond donors (Lipinski definition) is 0. The minimum Gasteiger partial charge on any atom is -0.383 e. The van der Waals surface area contributed by atoms with Crippen molar-refractivity contribution >= 4 is 22.8 Å². The summed E-state index contributed by atoms with van der Waals surface area (Å²) in [6.07, 6.45) is 0. The van der Waals surface area contributed by atoms with Gasteiger partial charge in [-0.3, -0.25) is 13.9 Å². The van der Waals surface area contributed by atoms with Gasteiger partial charge < -0.3 is 9.30 Å². The van der Waals surface area contributed by atoms with Crippen molar-refractivity contribution in [2.75, 3.05) is 13.7 Å². The average molecular weight is 360 g/mol. The van der Waals surface area contributed by atoms with Gasteiger partial charge in [-0.25, -0.2) is 9.78 Å². The van der Waals surface area contributed by atoms with E-state index in [2.05, 4.69) is 9.55 Å². The van der Waals surface area contributed by atoms with Crippen molar-refractivity contribution in [1.82, 2.24) is 18.7 Å². The van der Waals surface area contributed by atoms with Gasteiger partial charge in [-0.2, -0.15) is 0 Å². The summed E-state index contributed by atoms with van der Waals surface area (Å²) in [4.78, 5) is 28.6. The molecule has 0 unspecified atom stereocenters. The molecular weight excluding hydrogens is 340 g/mol. The SMILES string of the molecule is COCCn1c(SCc2cc(=O)n(C)c(=O)n2C)nc2ccccc21.